The van der Waals surface area contributed by atoms with E-state index in [2.05, 4.69) is 13.8 Å². The van der Waals surface area contributed by atoms with Gasteiger partial charge in [-0.15, -0.1) is 0 Å². The largest absolute Gasteiger partial charge is 0.396 e. The topological polar surface area (TPSA) is 40.5 Å². The van der Waals surface area contributed by atoms with Crippen molar-refractivity contribution in [3.8, 4) is 0 Å². The number of hydrogen-bond donors (Lipinski definition) is 2. The van der Waals surface area contributed by atoms with Crippen molar-refractivity contribution in [1.29, 1.82) is 0 Å². The van der Waals surface area contributed by atoms with Crippen molar-refractivity contribution < 1.29 is 10.2 Å². The van der Waals surface area contributed by atoms with Crippen molar-refractivity contribution in [2.24, 2.45) is 5.41 Å². The van der Waals surface area contributed by atoms with Crippen LogP contribution in [0.15, 0.2) is 0 Å². The number of unbranched alkanes of at least 4 members (excludes halogenated alkanes) is 2. The van der Waals surface area contributed by atoms with E-state index >= 15 is 0 Å². The standard InChI is InChI=1S/C8H16O2.2C4H9.Sn/c9-6-8(7-10)4-2-1-3-5-8;2*1-3-4-2;/h9-10H,1-7H2;2*1,3-4H2,2H3;. The third-order valence-corrected chi connectivity index (χ3v) is 8.04. The number of aliphatic hydroxyl groups excluding tert-OH is 2. The molecule has 0 aromatic heterocycles. The minimum absolute atomic E-state index is 0.127. The Morgan fingerprint density at radius 1 is 0.842 bits per heavy atom. The second-order valence-corrected chi connectivity index (χ2v) is 10.1. The molecule has 3 heteroatoms. The zero-order chi connectivity index (χ0) is 14.4. The van der Waals surface area contributed by atoms with E-state index in [4.69, 9.17) is 10.2 Å². The van der Waals surface area contributed by atoms with Crippen molar-refractivity contribution in [3.05, 3.63) is 0 Å². The molecule has 2 N–H and O–H groups in total. The van der Waals surface area contributed by atoms with E-state index in [1.54, 1.807) is 8.87 Å². The smallest absolute Gasteiger partial charge is 0.0509 e. The van der Waals surface area contributed by atoms with Crippen molar-refractivity contribution >= 4 is 21.1 Å². The first-order valence-corrected chi connectivity index (χ1v) is 12.2. The van der Waals surface area contributed by atoms with Gasteiger partial charge in [-0.3, -0.25) is 0 Å². The van der Waals surface area contributed by atoms with Crippen LogP contribution in [-0.4, -0.2) is 44.6 Å². The van der Waals surface area contributed by atoms with Gasteiger partial charge < -0.3 is 10.2 Å². The van der Waals surface area contributed by atoms with Crippen LogP contribution in [0.5, 0.6) is 0 Å². The summed E-state index contributed by atoms with van der Waals surface area (Å²) < 4.78 is 3.25. The fraction of sp³-hybridized carbons (Fsp3) is 1.00. The Kier molecular flexibility index (Phi) is 14.2. The summed E-state index contributed by atoms with van der Waals surface area (Å²) in [4.78, 5) is 0. The fourth-order valence-electron chi connectivity index (χ4n) is 2.40. The molecule has 0 saturated heterocycles. The maximum atomic E-state index is 8.98. The quantitative estimate of drug-likeness (QED) is 0.495. The van der Waals surface area contributed by atoms with Crippen LogP contribution in [0.25, 0.3) is 0 Å². The predicted octanol–water partition coefficient (Wildman–Crippen LogP) is 4.05. The van der Waals surface area contributed by atoms with E-state index < -0.39 is 0 Å². The molecule has 0 bridgehead atoms. The molecule has 0 unspecified atom stereocenters. The van der Waals surface area contributed by atoms with Crippen LogP contribution >= 0.6 is 0 Å². The molecule has 19 heavy (non-hydrogen) atoms. The third kappa shape index (κ3) is 10.1. The maximum absolute atomic E-state index is 8.98. The Labute approximate surface area is 130 Å². The first kappa shape index (κ1) is 19.7. The zero-order valence-electron chi connectivity index (χ0n) is 13.1. The molecule has 0 aromatic rings. The Hall–Kier alpha value is 0.719. The summed E-state index contributed by atoms with van der Waals surface area (Å²) in [6.45, 7) is 4.89. The summed E-state index contributed by atoms with van der Waals surface area (Å²) in [7, 11) is 0. The summed E-state index contributed by atoms with van der Waals surface area (Å²) >= 11 is 0.149. The van der Waals surface area contributed by atoms with E-state index in [9.17, 15) is 0 Å². The maximum Gasteiger partial charge on any atom is 0.0509 e. The molecule has 2 nitrogen and oxygen atoms in total. The van der Waals surface area contributed by atoms with Crippen LogP contribution in [0.2, 0.25) is 8.87 Å². The van der Waals surface area contributed by atoms with Crippen LogP contribution in [0.3, 0.4) is 0 Å². The molecule has 0 amide bonds. The minimum Gasteiger partial charge on any atom is -0.396 e. The van der Waals surface area contributed by atoms with Gasteiger partial charge in [-0.05, 0) is 12.8 Å². The molecule has 1 rings (SSSR count). The average Bonchev–Trinajstić information content (AvgIpc) is 2.48. The fourth-order valence-corrected chi connectivity index (χ4v) is 6.56. The van der Waals surface area contributed by atoms with Crippen LogP contribution in [-0.2, 0) is 0 Å². The minimum atomic E-state index is -0.127. The van der Waals surface area contributed by atoms with E-state index in [1.807, 2.05) is 0 Å². The molecule has 1 fully saturated rings. The Balaban J connectivity index is 0.000000344. The Morgan fingerprint density at radius 2 is 1.32 bits per heavy atom. The molecule has 0 heterocycles. The van der Waals surface area contributed by atoms with Gasteiger partial charge in [0.1, 0.15) is 0 Å². The van der Waals surface area contributed by atoms with E-state index in [1.165, 1.54) is 44.9 Å². The Bertz CT molecular complexity index is 168. The molecular weight excluding hydrogens is 343 g/mol. The van der Waals surface area contributed by atoms with Crippen molar-refractivity contribution in [2.45, 2.75) is 80.5 Å². The van der Waals surface area contributed by atoms with Gasteiger partial charge in [-0.1, -0.05) is 19.3 Å². The molecule has 1 aliphatic rings. The van der Waals surface area contributed by atoms with Gasteiger partial charge in [-0.2, -0.15) is 0 Å². The summed E-state index contributed by atoms with van der Waals surface area (Å²) in [5, 5.41) is 18.0. The first-order chi connectivity index (χ1) is 9.24. The summed E-state index contributed by atoms with van der Waals surface area (Å²) in [6.07, 6.45) is 11.4. The van der Waals surface area contributed by atoms with Crippen LogP contribution in [0.1, 0.15) is 71.6 Å². The average molecular weight is 377 g/mol. The first-order valence-electron chi connectivity index (χ1n) is 8.17. The molecular formula is C16H34O2Sn. The molecule has 2 radical (unpaired) electrons. The van der Waals surface area contributed by atoms with Gasteiger partial charge in [-0.25, -0.2) is 0 Å². The molecule has 0 aromatic carbocycles. The summed E-state index contributed by atoms with van der Waals surface area (Å²) in [5.41, 5.74) is -0.127. The second kappa shape index (κ2) is 13.7. The monoisotopic (exact) mass is 378 g/mol. The van der Waals surface area contributed by atoms with Gasteiger partial charge >= 0.3 is 69.5 Å². The molecule has 1 aliphatic carbocycles. The van der Waals surface area contributed by atoms with Gasteiger partial charge in [0.25, 0.3) is 0 Å². The summed E-state index contributed by atoms with van der Waals surface area (Å²) in [6, 6.07) is 0. The molecule has 0 atom stereocenters. The summed E-state index contributed by atoms with van der Waals surface area (Å²) in [5.74, 6) is 0. The van der Waals surface area contributed by atoms with E-state index in [0.717, 1.165) is 12.8 Å². The van der Waals surface area contributed by atoms with Crippen molar-refractivity contribution in [3.63, 3.8) is 0 Å². The number of hydrogen-bond acceptors (Lipinski definition) is 2. The van der Waals surface area contributed by atoms with Crippen molar-refractivity contribution in [2.75, 3.05) is 13.2 Å². The van der Waals surface area contributed by atoms with Gasteiger partial charge in [0.15, 0.2) is 0 Å². The van der Waals surface area contributed by atoms with Crippen LogP contribution < -0.4 is 0 Å². The van der Waals surface area contributed by atoms with Gasteiger partial charge in [0.2, 0.25) is 0 Å². The van der Waals surface area contributed by atoms with Crippen molar-refractivity contribution in [1.82, 2.24) is 0 Å². The predicted molar refractivity (Wildman–Crippen MR) is 84.9 cm³/mol. The van der Waals surface area contributed by atoms with Crippen LogP contribution in [0, 0.1) is 5.41 Å². The number of aliphatic hydroxyl groups is 2. The molecule has 0 spiro atoms. The molecule has 114 valence electrons. The Morgan fingerprint density at radius 3 is 1.63 bits per heavy atom. The zero-order valence-corrected chi connectivity index (χ0v) is 15.9. The second-order valence-electron chi connectivity index (χ2n) is 5.83. The SMILES string of the molecule is CCC[CH2][Sn][CH2]CCC.OCC1(CO)CCCCC1. The third-order valence-electron chi connectivity index (χ3n) is 4.00. The molecule has 1 saturated carbocycles. The normalized spacial score (nSPS) is 17.7. The number of rotatable bonds is 8. The molecule has 0 aliphatic heterocycles. The van der Waals surface area contributed by atoms with Gasteiger partial charge in [0, 0.05) is 5.41 Å². The van der Waals surface area contributed by atoms with E-state index in [-0.39, 0.29) is 39.8 Å². The van der Waals surface area contributed by atoms with E-state index in [0.29, 0.717) is 0 Å². The van der Waals surface area contributed by atoms with Gasteiger partial charge in [0.05, 0.1) is 13.2 Å². The van der Waals surface area contributed by atoms with Crippen LogP contribution in [0.4, 0.5) is 0 Å².